The topological polar surface area (TPSA) is 35.5 Å². The number of esters is 1. The summed E-state index contributed by atoms with van der Waals surface area (Å²) >= 11 is 0. The highest BCUT2D eigenvalue weighted by Gasteiger charge is 2.52. The van der Waals surface area contributed by atoms with Crippen molar-refractivity contribution in [2.24, 2.45) is 17.8 Å². The number of hydrogen-bond acceptors (Lipinski definition) is 3. The summed E-state index contributed by atoms with van der Waals surface area (Å²) in [6.45, 7) is 0.0488. The van der Waals surface area contributed by atoms with Gasteiger partial charge in [-0.25, -0.2) is 0 Å². The molecule has 3 nitrogen and oxygen atoms in total. The van der Waals surface area contributed by atoms with Crippen molar-refractivity contribution in [1.82, 2.24) is 0 Å². The third kappa shape index (κ3) is 2.35. The van der Waals surface area contributed by atoms with Crippen LogP contribution in [0.25, 0.3) is 0 Å². The monoisotopic (exact) mass is 326 g/mol. The second-order valence-electron chi connectivity index (χ2n) is 8.43. The summed E-state index contributed by atoms with van der Waals surface area (Å²) in [5, 5.41) is 0. The summed E-state index contributed by atoms with van der Waals surface area (Å²) in [5.41, 5.74) is 3.51. The van der Waals surface area contributed by atoms with Crippen LogP contribution >= 0.6 is 0 Å². The molecular formula is C21H26O3. The SMILES string of the molecule is O=C(OCOc1ccc2c(c1)[C@]13CCCCC1CC(C2)C3)C1CC1. The first-order valence-electron chi connectivity index (χ1n) is 9.67. The second-order valence-corrected chi connectivity index (χ2v) is 8.43. The van der Waals surface area contributed by atoms with Gasteiger partial charge < -0.3 is 9.47 Å². The van der Waals surface area contributed by atoms with E-state index in [1.54, 1.807) is 5.56 Å². The van der Waals surface area contributed by atoms with Gasteiger partial charge in [-0.1, -0.05) is 18.9 Å². The van der Waals surface area contributed by atoms with Crippen LogP contribution in [0.5, 0.6) is 5.75 Å². The summed E-state index contributed by atoms with van der Waals surface area (Å²) in [6.07, 6.45) is 11.5. The van der Waals surface area contributed by atoms with Crippen molar-refractivity contribution in [2.45, 2.75) is 63.2 Å². The fourth-order valence-corrected chi connectivity index (χ4v) is 5.73. The third-order valence-corrected chi connectivity index (χ3v) is 6.94. The smallest absolute Gasteiger partial charge is 0.311 e. The van der Waals surface area contributed by atoms with Crippen LogP contribution in [0.1, 0.15) is 62.5 Å². The maximum Gasteiger partial charge on any atom is 0.311 e. The summed E-state index contributed by atoms with van der Waals surface area (Å²) < 4.78 is 11.0. The van der Waals surface area contributed by atoms with Gasteiger partial charge in [0.25, 0.3) is 0 Å². The Hall–Kier alpha value is -1.51. The summed E-state index contributed by atoms with van der Waals surface area (Å²) in [6, 6.07) is 6.58. The molecule has 4 aliphatic carbocycles. The molecule has 24 heavy (non-hydrogen) atoms. The van der Waals surface area contributed by atoms with E-state index in [0.717, 1.165) is 30.4 Å². The van der Waals surface area contributed by atoms with Crippen molar-refractivity contribution in [2.75, 3.05) is 6.79 Å². The second kappa shape index (κ2) is 5.50. The average molecular weight is 326 g/mol. The van der Waals surface area contributed by atoms with E-state index in [9.17, 15) is 4.79 Å². The van der Waals surface area contributed by atoms with Gasteiger partial charge in [-0.05, 0) is 85.5 Å². The Kier molecular flexibility index (Phi) is 3.39. The number of ether oxygens (including phenoxy) is 2. The zero-order chi connectivity index (χ0) is 16.1. The standard InChI is InChI=1S/C21H26O3/c22-20(15-4-5-15)24-13-23-18-7-6-16-9-14-10-17-3-1-2-8-21(17,12-14)19(16)11-18/h6-7,11,14-15,17H,1-5,8-10,12-13H2/t14?,17?,21-/m0/s1. The van der Waals surface area contributed by atoms with Crippen LogP contribution in [0.4, 0.5) is 0 Å². The lowest BCUT2D eigenvalue weighted by Gasteiger charge is -2.43. The molecule has 5 rings (SSSR count). The summed E-state index contributed by atoms with van der Waals surface area (Å²) in [4.78, 5) is 11.6. The molecule has 0 amide bonds. The number of carbonyl (C=O) groups excluding carboxylic acids is 1. The molecule has 2 bridgehead atoms. The number of rotatable bonds is 4. The minimum Gasteiger partial charge on any atom is -0.457 e. The van der Waals surface area contributed by atoms with Gasteiger partial charge in [-0.3, -0.25) is 4.79 Å². The van der Waals surface area contributed by atoms with Crippen molar-refractivity contribution in [3.8, 4) is 5.75 Å². The Labute approximate surface area is 143 Å². The highest BCUT2D eigenvalue weighted by Crippen LogP contribution is 2.60. The molecule has 0 N–H and O–H groups in total. The predicted molar refractivity (Wildman–Crippen MR) is 90.8 cm³/mol. The van der Waals surface area contributed by atoms with Crippen molar-refractivity contribution >= 4 is 5.97 Å². The predicted octanol–water partition coefficient (Wildman–Crippen LogP) is 4.37. The number of hydrogen-bond donors (Lipinski definition) is 0. The van der Waals surface area contributed by atoms with E-state index in [0.29, 0.717) is 5.41 Å². The highest BCUT2D eigenvalue weighted by molar-refractivity contribution is 5.74. The normalized spacial score (nSPS) is 33.5. The van der Waals surface area contributed by atoms with E-state index >= 15 is 0 Å². The molecule has 1 aromatic rings. The van der Waals surface area contributed by atoms with Gasteiger partial charge in [0.15, 0.2) is 0 Å². The first-order chi connectivity index (χ1) is 11.7. The van der Waals surface area contributed by atoms with Crippen molar-refractivity contribution in [3.05, 3.63) is 29.3 Å². The van der Waals surface area contributed by atoms with E-state index in [-0.39, 0.29) is 18.7 Å². The molecule has 2 unspecified atom stereocenters. The van der Waals surface area contributed by atoms with Gasteiger partial charge in [-0.2, -0.15) is 0 Å². The summed E-state index contributed by atoms with van der Waals surface area (Å²) in [7, 11) is 0. The van der Waals surface area contributed by atoms with Gasteiger partial charge in [0, 0.05) is 0 Å². The van der Waals surface area contributed by atoms with Gasteiger partial charge >= 0.3 is 5.97 Å². The van der Waals surface area contributed by atoms with Gasteiger partial charge in [-0.15, -0.1) is 0 Å². The minimum atomic E-state index is -0.0995. The van der Waals surface area contributed by atoms with Crippen LogP contribution in [0, 0.1) is 17.8 Å². The third-order valence-electron chi connectivity index (χ3n) is 6.94. The molecule has 4 aliphatic rings. The Bertz CT molecular complexity index is 663. The van der Waals surface area contributed by atoms with E-state index in [4.69, 9.17) is 9.47 Å². The van der Waals surface area contributed by atoms with Crippen molar-refractivity contribution in [3.63, 3.8) is 0 Å². The molecule has 3 fully saturated rings. The molecule has 3 saturated carbocycles. The molecule has 0 aromatic heterocycles. The molecule has 128 valence electrons. The molecule has 0 radical (unpaired) electrons. The van der Waals surface area contributed by atoms with E-state index in [1.165, 1.54) is 50.5 Å². The number of benzene rings is 1. The number of carbonyl (C=O) groups is 1. The lowest BCUT2D eigenvalue weighted by atomic mass is 9.61. The first kappa shape index (κ1) is 14.8. The Morgan fingerprint density at radius 1 is 1.21 bits per heavy atom. The van der Waals surface area contributed by atoms with Crippen LogP contribution in [0.2, 0.25) is 0 Å². The van der Waals surface area contributed by atoms with Gasteiger partial charge in [0.05, 0.1) is 5.92 Å². The Balaban J connectivity index is 1.36. The molecule has 1 aromatic carbocycles. The maximum absolute atomic E-state index is 11.6. The van der Waals surface area contributed by atoms with Gasteiger partial charge in [0.2, 0.25) is 6.79 Å². The lowest BCUT2D eigenvalue weighted by molar-refractivity contribution is -0.151. The van der Waals surface area contributed by atoms with Crippen LogP contribution in [-0.4, -0.2) is 12.8 Å². The quantitative estimate of drug-likeness (QED) is 0.609. The number of fused-ring (bicyclic) bond motifs is 2. The molecule has 0 saturated heterocycles. The van der Waals surface area contributed by atoms with E-state index < -0.39 is 0 Å². The van der Waals surface area contributed by atoms with E-state index in [1.807, 2.05) is 0 Å². The largest absolute Gasteiger partial charge is 0.457 e. The van der Waals surface area contributed by atoms with Crippen molar-refractivity contribution in [1.29, 1.82) is 0 Å². The molecule has 0 aliphatic heterocycles. The van der Waals surface area contributed by atoms with Crippen LogP contribution in [0.15, 0.2) is 18.2 Å². The summed E-state index contributed by atoms with van der Waals surface area (Å²) in [5.74, 6) is 2.67. The van der Waals surface area contributed by atoms with Crippen molar-refractivity contribution < 1.29 is 14.3 Å². The lowest BCUT2D eigenvalue weighted by Crippen LogP contribution is -2.36. The Morgan fingerprint density at radius 2 is 2.12 bits per heavy atom. The van der Waals surface area contributed by atoms with Gasteiger partial charge in [0.1, 0.15) is 5.75 Å². The van der Waals surface area contributed by atoms with Crippen LogP contribution in [0.3, 0.4) is 0 Å². The molecule has 3 heteroatoms. The zero-order valence-electron chi connectivity index (χ0n) is 14.3. The zero-order valence-corrected chi connectivity index (χ0v) is 14.3. The first-order valence-corrected chi connectivity index (χ1v) is 9.67. The molecule has 3 atom stereocenters. The molecule has 0 heterocycles. The minimum absolute atomic E-state index is 0.0488. The Morgan fingerprint density at radius 3 is 3.00 bits per heavy atom. The van der Waals surface area contributed by atoms with E-state index in [2.05, 4.69) is 18.2 Å². The fraction of sp³-hybridized carbons (Fsp3) is 0.667. The molecule has 1 spiro atoms. The fourth-order valence-electron chi connectivity index (χ4n) is 5.73. The molecular weight excluding hydrogens is 300 g/mol. The van der Waals surface area contributed by atoms with Crippen LogP contribution < -0.4 is 4.74 Å². The highest BCUT2D eigenvalue weighted by atomic mass is 16.7. The van der Waals surface area contributed by atoms with Crippen LogP contribution in [-0.2, 0) is 21.4 Å². The average Bonchev–Trinajstić information content (AvgIpc) is 3.38. The maximum atomic E-state index is 11.6.